The van der Waals surface area contributed by atoms with Crippen LogP contribution in [0.5, 0.6) is 5.75 Å². The highest BCUT2D eigenvalue weighted by Gasteiger charge is 2.06. The van der Waals surface area contributed by atoms with E-state index in [-0.39, 0.29) is 0 Å². The molecule has 0 heterocycles. The Balaban J connectivity index is 2.19. The number of rotatable bonds is 4. The zero-order chi connectivity index (χ0) is 13.8. The fraction of sp³-hybridized carbons (Fsp3) is 0.250. The van der Waals surface area contributed by atoms with Gasteiger partial charge in [-0.15, -0.1) is 0 Å². The van der Waals surface area contributed by atoms with Gasteiger partial charge in [0.05, 0.1) is 0 Å². The summed E-state index contributed by atoms with van der Waals surface area (Å²) in [5.41, 5.74) is 10.3. The first-order valence-corrected chi connectivity index (χ1v) is 6.66. The fourth-order valence-corrected chi connectivity index (χ4v) is 2.27. The molecule has 0 saturated heterocycles. The molecule has 2 nitrogen and oxygen atoms in total. The minimum atomic E-state index is 0.419. The molecule has 0 spiro atoms. The summed E-state index contributed by atoms with van der Waals surface area (Å²) in [5, 5.41) is 0.680. The Labute approximate surface area is 119 Å². The summed E-state index contributed by atoms with van der Waals surface area (Å²) in [5.74, 6) is 0.801. The topological polar surface area (TPSA) is 35.2 Å². The third-order valence-corrected chi connectivity index (χ3v) is 3.49. The largest absolute Gasteiger partial charge is 0.489 e. The molecule has 2 aromatic rings. The Morgan fingerprint density at radius 3 is 2.42 bits per heavy atom. The second kappa shape index (κ2) is 6.09. The van der Waals surface area contributed by atoms with Gasteiger partial charge in [0.15, 0.2) is 0 Å². The van der Waals surface area contributed by atoms with Gasteiger partial charge in [-0.2, -0.15) is 0 Å². The lowest BCUT2D eigenvalue weighted by molar-refractivity contribution is 0.301. The van der Waals surface area contributed by atoms with E-state index >= 15 is 0 Å². The summed E-state index contributed by atoms with van der Waals surface area (Å²) in [6.45, 7) is 5.16. The van der Waals surface area contributed by atoms with Crippen LogP contribution in [0.25, 0.3) is 0 Å². The molecule has 0 aromatic heterocycles. The van der Waals surface area contributed by atoms with Crippen molar-refractivity contribution in [2.24, 2.45) is 5.73 Å². The van der Waals surface area contributed by atoms with Crippen LogP contribution in [0.2, 0.25) is 5.02 Å². The maximum absolute atomic E-state index is 5.95. The Kier molecular flexibility index (Phi) is 4.46. The first kappa shape index (κ1) is 13.9. The maximum atomic E-state index is 5.95. The zero-order valence-electron chi connectivity index (χ0n) is 11.2. The molecule has 0 bridgehead atoms. The van der Waals surface area contributed by atoms with Crippen LogP contribution in [-0.4, -0.2) is 0 Å². The summed E-state index contributed by atoms with van der Waals surface area (Å²) in [6.07, 6.45) is 0. The summed E-state index contributed by atoms with van der Waals surface area (Å²) in [6, 6.07) is 11.8. The van der Waals surface area contributed by atoms with Crippen LogP contribution in [0.15, 0.2) is 36.4 Å². The van der Waals surface area contributed by atoms with E-state index in [0.717, 1.165) is 11.3 Å². The van der Waals surface area contributed by atoms with Gasteiger partial charge in [0.1, 0.15) is 12.4 Å². The second-order valence-electron chi connectivity index (χ2n) is 4.62. The molecule has 0 saturated carbocycles. The third kappa shape index (κ3) is 3.28. The van der Waals surface area contributed by atoms with Gasteiger partial charge < -0.3 is 10.5 Å². The Bertz CT molecular complexity index is 561. The van der Waals surface area contributed by atoms with Crippen molar-refractivity contribution in [3.05, 3.63) is 63.7 Å². The highest BCUT2D eigenvalue weighted by molar-refractivity contribution is 6.30. The monoisotopic (exact) mass is 275 g/mol. The van der Waals surface area contributed by atoms with E-state index in [9.17, 15) is 0 Å². The van der Waals surface area contributed by atoms with Gasteiger partial charge in [0.25, 0.3) is 0 Å². The van der Waals surface area contributed by atoms with Gasteiger partial charge in [-0.3, -0.25) is 0 Å². The molecule has 19 heavy (non-hydrogen) atoms. The van der Waals surface area contributed by atoms with E-state index in [1.54, 1.807) is 0 Å². The number of ether oxygens (including phenoxy) is 1. The van der Waals surface area contributed by atoms with E-state index in [4.69, 9.17) is 22.1 Å². The van der Waals surface area contributed by atoms with E-state index in [2.05, 4.69) is 32.0 Å². The lowest BCUT2D eigenvalue weighted by atomic mass is 10.0. The number of halogens is 1. The van der Waals surface area contributed by atoms with Crippen molar-refractivity contribution in [2.45, 2.75) is 27.0 Å². The average Bonchev–Trinajstić information content (AvgIpc) is 2.39. The lowest BCUT2D eigenvalue weighted by Crippen LogP contribution is -2.04. The van der Waals surface area contributed by atoms with Crippen LogP contribution < -0.4 is 10.5 Å². The standard InChI is InChI=1S/C16H18ClNO/c1-11-4-3-5-12(2)15(11)10-19-16-7-6-14(17)8-13(16)9-18/h3-8H,9-10,18H2,1-2H3. The summed E-state index contributed by atoms with van der Waals surface area (Å²) in [4.78, 5) is 0. The highest BCUT2D eigenvalue weighted by Crippen LogP contribution is 2.24. The van der Waals surface area contributed by atoms with Crippen LogP contribution in [0.3, 0.4) is 0 Å². The lowest BCUT2D eigenvalue weighted by Gasteiger charge is -2.14. The Hall–Kier alpha value is -1.51. The number of nitrogens with two attached hydrogens (primary N) is 1. The van der Waals surface area contributed by atoms with E-state index in [1.807, 2.05) is 18.2 Å². The van der Waals surface area contributed by atoms with Crippen LogP contribution in [-0.2, 0) is 13.2 Å². The van der Waals surface area contributed by atoms with Crippen molar-refractivity contribution in [1.29, 1.82) is 0 Å². The molecule has 2 rings (SSSR count). The van der Waals surface area contributed by atoms with Gasteiger partial charge in [0, 0.05) is 17.1 Å². The third-order valence-electron chi connectivity index (χ3n) is 3.26. The summed E-state index contributed by atoms with van der Waals surface area (Å²) < 4.78 is 5.89. The molecule has 2 aromatic carbocycles. The van der Waals surface area contributed by atoms with Crippen LogP contribution in [0.4, 0.5) is 0 Å². The van der Waals surface area contributed by atoms with E-state index < -0.39 is 0 Å². The normalized spacial score (nSPS) is 10.5. The van der Waals surface area contributed by atoms with Gasteiger partial charge in [0.2, 0.25) is 0 Å². The fourth-order valence-electron chi connectivity index (χ4n) is 2.07. The first-order chi connectivity index (χ1) is 9.11. The number of hydrogen-bond donors (Lipinski definition) is 1. The van der Waals surface area contributed by atoms with Gasteiger partial charge >= 0.3 is 0 Å². The molecule has 0 atom stereocenters. The number of aryl methyl sites for hydroxylation is 2. The molecule has 0 fully saturated rings. The highest BCUT2D eigenvalue weighted by atomic mass is 35.5. The van der Waals surface area contributed by atoms with Crippen LogP contribution in [0.1, 0.15) is 22.3 Å². The molecule has 0 aliphatic heterocycles. The number of benzene rings is 2. The van der Waals surface area contributed by atoms with Crippen molar-refractivity contribution >= 4 is 11.6 Å². The molecular weight excluding hydrogens is 258 g/mol. The zero-order valence-corrected chi connectivity index (χ0v) is 12.0. The average molecular weight is 276 g/mol. The molecule has 100 valence electrons. The smallest absolute Gasteiger partial charge is 0.124 e. The summed E-state index contributed by atoms with van der Waals surface area (Å²) >= 11 is 5.95. The molecule has 3 heteroatoms. The minimum absolute atomic E-state index is 0.419. The molecule has 0 amide bonds. The van der Waals surface area contributed by atoms with Crippen molar-refractivity contribution in [3.8, 4) is 5.75 Å². The minimum Gasteiger partial charge on any atom is -0.489 e. The number of hydrogen-bond acceptors (Lipinski definition) is 2. The Morgan fingerprint density at radius 1 is 1.11 bits per heavy atom. The predicted octanol–water partition coefficient (Wildman–Crippen LogP) is 3.99. The van der Waals surface area contributed by atoms with E-state index in [0.29, 0.717) is 18.2 Å². The quantitative estimate of drug-likeness (QED) is 0.915. The summed E-state index contributed by atoms with van der Waals surface area (Å²) in [7, 11) is 0. The molecule has 2 N–H and O–H groups in total. The van der Waals surface area contributed by atoms with Crippen molar-refractivity contribution in [3.63, 3.8) is 0 Å². The molecule has 0 unspecified atom stereocenters. The maximum Gasteiger partial charge on any atom is 0.124 e. The molecule has 0 aliphatic carbocycles. The van der Waals surface area contributed by atoms with Gasteiger partial charge in [-0.25, -0.2) is 0 Å². The molecule has 0 aliphatic rings. The molecule has 0 radical (unpaired) electrons. The van der Waals surface area contributed by atoms with Gasteiger partial charge in [-0.1, -0.05) is 29.8 Å². The van der Waals surface area contributed by atoms with E-state index in [1.165, 1.54) is 16.7 Å². The Morgan fingerprint density at radius 2 is 1.79 bits per heavy atom. The van der Waals surface area contributed by atoms with Crippen molar-refractivity contribution in [2.75, 3.05) is 0 Å². The van der Waals surface area contributed by atoms with Gasteiger partial charge in [-0.05, 0) is 48.7 Å². The van der Waals surface area contributed by atoms with Crippen molar-refractivity contribution < 1.29 is 4.74 Å². The van der Waals surface area contributed by atoms with Crippen LogP contribution >= 0.6 is 11.6 Å². The second-order valence-corrected chi connectivity index (χ2v) is 5.05. The van der Waals surface area contributed by atoms with Crippen molar-refractivity contribution in [1.82, 2.24) is 0 Å². The van der Waals surface area contributed by atoms with Crippen LogP contribution in [0, 0.1) is 13.8 Å². The molecular formula is C16H18ClNO. The SMILES string of the molecule is Cc1cccc(C)c1COc1ccc(Cl)cc1CN. The first-order valence-electron chi connectivity index (χ1n) is 6.28. The predicted molar refractivity (Wildman–Crippen MR) is 79.6 cm³/mol.